The van der Waals surface area contributed by atoms with Crippen LogP contribution in [-0.4, -0.2) is 11.7 Å². The fourth-order valence-electron chi connectivity index (χ4n) is 3.22. The van der Waals surface area contributed by atoms with Crippen molar-refractivity contribution in [3.8, 4) is 33.8 Å². The topological polar surface area (TPSA) is 29.5 Å². The van der Waals surface area contributed by atoms with Crippen LogP contribution in [0.3, 0.4) is 0 Å². The van der Waals surface area contributed by atoms with Crippen molar-refractivity contribution in [1.82, 2.24) is 0 Å². The smallest absolute Gasteiger partial charge is 0.191 e. The number of ether oxygens (including phenoxy) is 1. The Balaban J connectivity index is 1.97. The van der Waals surface area contributed by atoms with Crippen molar-refractivity contribution in [2.24, 2.45) is 0 Å². The average molecular weight is 394 g/mol. The molecule has 150 valence electrons. The number of halogens is 2. The fraction of sp³-hybridized carbons (Fsp3) is 0.200. The zero-order valence-corrected chi connectivity index (χ0v) is 17.0. The van der Waals surface area contributed by atoms with Gasteiger partial charge in [-0.15, -0.1) is 0 Å². The maximum Gasteiger partial charge on any atom is 0.191 e. The first-order valence-electron chi connectivity index (χ1n) is 9.42. The number of hydrogen-bond acceptors (Lipinski definition) is 2. The van der Waals surface area contributed by atoms with Crippen LogP contribution in [0.4, 0.5) is 8.78 Å². The van der Waals surface area contributed by atoms with Crippen molar-refractivity contribution in [1.29, 1.82) is 0 Å². The van der Waals surface area contributed by atoms with E-state index in [2.05, 4.69) is 0 Å². The number of allylic oxidation sites excluding steroid dienone is 1. The zero-order valence-electron chi connectivity index (χ0n) is 17.0. The normalized spacial score (nSPS) is 10.7. The molecule has 0 heterocycles. The first-order chi connectivity index (χ1) is 13.8. The van der Waals surface area contributed by atoms with E-state index in [9.17, 15) is 13.9 Å². The first-order valence-corrected chi connectivity index (χ1v) is 9.42. The van der Waals surface area contributed by atoms with E-state index in [0.29, 0.717) is 5.56 Å². The van der Waals surface area contributed by atoms with Crippen molar-refractivity contribution in [2.45, 2.75) is 27.7 Å². The van der Waals surface area contributed by atoms with Gasteiger partial charge in [0.15, 0.2) is 17.4 Å². The van der Waals surface area contributed by atoms with Crippen LogP contribution < -0.4 is 4.74 Å². The van der Waals surface area contributed by atoms with E-state index in [1.54, 1.807) is 18.2 Å². The Morgan fingerprint density at radius 1 is 0.862 bits per heavy atom. The highest BCUT2D eigenvalue weighted by Gasteiger charge is 2.16. The van der Waals surface area contributed by atoms with Crippen LogP contribution in [-0.2, 0) is 0 Å². The molecule has 0 fully saturated rings. The van der Waals surface area contributed by atoms with Gasteiger partial charge in [-0.3, -0.25) is 0 Å². The summed E-state index contributed by atoms with van der Waals surface area (Å²) in [6.07, 6.45) is 1.77. The number of phenols is 1. The van der Waals surface area contributed by atoms with Gasteiger partial charge in [-0.2, -0.15) is 0 Å². The lowest BCUT2D eigenvalue weighted by Gasteiger charge is -2.14. The molecule has 0 aliphatic rings. The van der Waals surface area contributed by atoms with E-state index in [0.717, 1.165) is 33.4 Å². The molecule has 1 N–H and O–H groups in total. The van der Waals surface area contributed by atoms with Crippen molar-refractivity contribution in [3.63, 3.8) is 0 Å². The van der Waals surface area contributed by atoms with Crippen LogP contribution in [0, 0.1) is 25.5 Å². The predicted octanol–water partition coefficient (Wildman–Crippen LogP) is 6.97. The summed E-state index contributed by atoms with van der Waals surface area (Å²) >= 11 is 0. The summed E-state index contributed by atoms with van der Waals surface area (Å²) in [6.45, 7) is 7.77. The molecule has 0 atom stereocenters. The summed E-state index contributed by atoms with van der Waals surface area (Å²) in [7, 11) is 0. The van der Waals surface area contributed by atoms with Crippen LogP contribution in [0.5, 0.6) is 11.5 Å². The molecule has 29 heavy (non-hydrogen) atoms. The van der Waals surface area contributed by atoms with E-state index in [4.69, 9.17) is 4.74 Å². The van der Waals surface area contributed by atoms with Gasteiger partial charge >= 0.3 is 0 Å². The van der Waals surface area contributed by atoms with Crippen molar-refractivity contribution in [2.75, 3.05) is 6.61 Å². The zero-order chi connectivity index (χ0) is 21.1. The lowest BCUT2D eigenvalue weighted by molar-refractivity contribution is 0.320. The Bertz CT molecular complexity index is 1040. The monoisotopic (exact) mass is 394 g/mol. The minimum absolute atomic E-state index is 0.120. The Kier molecular flexibility index (Phi) is 6.02. The molecular weight excluding hydrogens is 370 g/mol. The van der Waals surface area contributed by atoms with E-state index in [1.807, 2.05) is 52.0 Å². The van der Waals surface area contributed by atoms with Gasteiger partial charge in [-0.1, -0.05) is 29.8 Å². The lowest BCUT2D eigenvalue weighted by Crippen LogP contribution is -2.00. The second-order valence-corrected chi connectivity index (χ2v) is 7.39. The molecular formula is C25H24F2O2. The quantitative estimate of drug-likeness (QED) is 0.474. The third kappa shape index (κ3) is 4.65. The third-order valence-electron chi connectivity index (χ3n) is 4.78. The summed E-state index contributed by atoms with van der Waals surface area (Å²) < 4.78 is 34.3. The second kappa shape index (κ2) is 8.48. The van der Waals surface area contributed by atoms with Gasteiger partial charge in [0, 0.05) is 0 Å². The van der Waals surface area contributed by atoms with Gasteiger partial charge in [-0.25, -0.2) is 8.78 Å². The van der Waals surface area contributed by atoms with Crippen LogP contribution in [0.25, 0.3) is 22.3 Å². The van der Waals surface area contributed by atoms with Gasteiger partial charge < -0.3 is 9.84 Å². The summed E-state index contributed by atoms with van der Waals surface area (Å²) in [5.74, 6) is -1.59. The summed E-state index contributed by atoms with van der Waals surface area (Å²) in [6, 6.07) is 13.5. The molecule has 0 aromatic heterocycles. The number of phenolic OH excluding ortho intramolecular Hbond substituents is 1. The van der Waals surface area contributed by atoms with E-state index >= 15 is 0 Å². The molecule has 0 radical (unpaired) electrons. The molecule has 0 saturated carbocycles. The number of benzene rings is 3. The van der Waals surface area contributed by atoms with Gasteiger partial charge in [0.1, 0.15) is 12.4 Å². The van der Waals surface area contributed by atoms with Gasteiger partial charge in [0.25, 0.3) is 0 Å². The van der Waals surface area contributed by atoms with E-state index in [-0.39, 0.29) is 18.1 Å². The van der Waals surface area contributed by atoms with Crippen molar-refractivity contribution in [3.05, 3.63) is 82.9 Å². The number of aromatic hydroxyl groups is 1. The largest absolute Gasteiger partial charge is 0.508 e. The van der Waals surface area contributed by atoms with Crippen LogP contribution in [0.1, 0.15) is 25.0 Å². The second-order valence-electron chi connectivity index (χ2n) is 7.39. The fourth-order valence-corrected chi connectivity index (χ4v) is 3.22. The third-order valence-corrected chi connectivity index (χ3v) is 4.78. The highest BCUT2D eigenvalue weighted by molar-refractivity contribution is 5.77. The Morgan fingerprint density at radius 2 is 1.38 bits per heavy atom. The van der Waals surface area contributed by atoms with E-state index < -0.39 is 11.6 Å². The molecule has 0 amide bonds. The molecule has 3 aromatic carbocycles. The van der Waals surface area contributed by atoms with Crippen LogP contribution in [0.2, 0.25) is 0 Å². The predicted molar refractivity (Wildman–Crippen MR) is 113 cm³/mol. The van der Waals surface area contributed by atoms with Gasteiger partial charge in [0.2, 0.25) is 0 Å². The highest BCUT2D eigenvalue weighted by atomic mass is 19.1. The number of hydrogen-bond donors (Lipinski definition) is 1. The average Bonchev–Trinajstić information content (AvgIpc) is 2.66. The molecule has 0 spiro atoms. The lowest BCUT2D eigenvalue weighted by atomic mass is 9.92. The van der Waals surface area contributed by atoms with Crippen molar-refractivity contribution >= 4 is 0 Å². The Morgan fingerprint density at radius 3 is 1.90 bits per heavy atom. The molecule has 0 bridgehead atoms. The van der Waals surface area contributed by atoms with E-state index in [1.165, 1.54) is 12.1 Å². The Labute approximate surface area is 170 Å². The summed E-state index contributed by atoms with van der Waals surface area (Å²) in [4.78, 5) is 0. The van der Waals surface area contributed by atoms with Crippen LogP contribution in [0.15, 0.2) is 60.2 Å². The first kappa shape index (κ1) is 20.6. The molecule has 0 aliphatic heterocycles. The van der Waals surface area contributed by atoms with Gasteiger partial charge in [0.05, 0.1) is 0 Å². The molecule has 0 saturated heterocycles. The number of rotatable bonds is 5. The van der Waals surface area contributed by atoms with Gasteiger partial charge in [-0.05, 0) is 91.4 Å². The van der Waals surface area contributed by atoms with Crippen molar-refractivity contribution < 1.29 is 18.6 Å². The molecule has 3 rings (SSSR count). The summed E-state index contributed by atoms with van der Waals surface area (Å²) in [5.41, 5.74) is 6.09. The molecule has 3 aromatic rings. The molecule has 4 heteroatoms. The Hall–Kier alpha value is -3.14. The molecule has 0 unspecified atom stereocenters. The molecule has 2 nitrogen and oxygen atoms in total. The standard InChI is InChI=1S/C25H24F2O2/c1-15(2)9-10-29-25-23(26)13-19(14-24(25)27)22-12-16(3)21(11-17(22)4)18-5-7-20(28)8-6-18/h5-9,11-14,28H,10H2,1-4H3. The highest BCUT2D eigenvalue weighted by Crippen LogP contribution is 2.35. The maximum absolute atomic E-state index is 14.5. The maximum atomic E-state index is 14.5. The molecule has 0 aliphatic carbocycles. The number of aryl methyl sites for hydroxylation is 2. The SMILES string of the molecule is CC(C)=CCOc1c(F)cc(-c2cc(C)c(-c3ccc(O)cc3)cc2C)cc1F. The summed E-state index contributed by atoms with van der Waals surface area (Å²) in [5, 5.41) is 9.49. The van der Waals surface area contributed by atoms with Crippen LogP contribution >= 0.6 is 0 Å². The minimum Gasteiger partial charge on any atom is -0.508 e. The minimum atomic E-state index is -0.721.